The highest BCUT2D eigenvalue weighted by atomic mass is 16.5. The molecule has 0 radical (unpaired) electrons. The van der Waals surface area contributed by atoms with Gasteiger partial charge in [0.05, 0.1) is 17.8 Å². The molecule has 0 bridgehead atoms. The summed E-state index contributed by atoms with van der Waals surface area (Å²) in [7, 11) is 0. The predicted molar refractivity (Wildman–Crippen MR) is 144 cm³/mol. The van der Waals surface area contributed by atoms with Gasteiger partial charge in [-0.2, -0.15) is 0 Å². The summed E-state index contributed by atoms with van der Waals surface area (Å²) in [6.45, 7) is 4.47. The number of hydrogen-bond acceptors (Lipinski definition) is 8. The molecule has 0 amide bonds. The Morgan fingerprint density at radius 1 is 0.892 bits per heavy atom. The number of pyridine rings is 2. The Morgan fingerprint density at radius 2 is 1.62 bits per heavy atom. The molecule has 3 aromatic heterocycles. The van der Waals surface area contributed by atoms with Crippen LogP contribution in [0.4, 0.5) is 5.69 Å². The van der Waals surface area contributed by atoms with E-state index in [1.165, 1.54) is 18.5 Å². The number of aromatic nitrogens is 4. The van der Waals surface area contributed by atoms with Crippen molar-refractivity contribution in [2.24, 2.45) is 0 Å². The van der Waals surface area contributed by atoms with Gasteiger partial charge in [-0.05, 0) is 49.7 Å². The first-order valence-electron chi connectivity index (χ1n) is 11.2. The van der Waals surface area contributed by atoms with E-state index in [0.29, 0.717) is 29.1 Å². The van der Waals surface area contributed by atoms with Crippen LogP contribution in [0.25, 0.3) is 10.9 Å². The third-order valence-corrected chi connectivity index (χ3v) is 4.54. The van der Waals surface area contributed by atoms with Crippen LogP contribution in [0.15, 0.2) is 101 Å². The lowest BCUT2D eigenvalue weighted by Gasteiger charge is -1.99. The number of para-hydroxylation sites is 2. The number of rotatable bonds is 2. The molecule has 2 aromatic carbocycles. The molecule has 0 fully saturated rings. The van der Waals surface area contributed by atoms with Crippen molar-refractivity contribution in [1.82, 2.24) is 19.9 Å². The van der Waals surface area contributed by atoms with Crippen LogP contribution in [0.3, 0.4) is 0 Å². The van der Waals surface area contributed by atoms with Crippen LogP contribution in [0, 0.1) is 6.92 Å². The molecular weight excluding hydrogens is 474 g/mol. The van der Waals surface area contributed by atoms with E-state index >= 15 is 0 Å². The van der Waals surface area contributed by atoms with Crippen molar-refractivity contribution in [2.45, 2.75) is 13.8 Å². The molecule has 3 heterocycles. The second-order valence-corrected chi connectivity index (χ2v) is 7.26. The molecule has 37 heavy (non-hydrogen) atoms. The second-order valence-electron chi connectivity index (χ2n) is 7.26. The average Bonchev–Trinajstić information content (AvgIpc) is 2.90. The number of H-pyrrole nitrogens is 2. The number of nitrogens with two attached hydrogens (primary N) is 1. The van der Waals surface area contributed by atoms with E-state index in [1.54, 1.807) is 48.7 Å². The number of benzene rings is 2. The SMILES string of the molecule is CCOc1ccccn1.Cc1cccc(O)c1N.O=c1cc(O)c2ccccc2[nH]1.O=c1nccc[nH]1. The summed E-state index contributed by atoms with van der Waals surface area (Å²) in [5.41, 5.74) is 6.88. The van der Waals surface area contributed by atoms with Crippen molar-refractivity contribution in [1.29, 1.82) is 0 Å². The number of nitrogens with zero attached hydrogens (tertiary/aromatic N) is 2. The highest BCUT2D eigenvalue weighted by Gasteiger charge is 1.98. The number of ether oxygens (including phenoxy) is 1. The van der Waals surface area contributed by atoms with Gasteiger partial charge in [-0.25, -0.2) is 14.8 Å². The zero-order valence-electron chi connectivity index (χ0n) is 20.5. The lowest BCUT2D eigenvalue weighted by molar-refractivity contribution is 0.327. The van der Waals surface area contributed by atoms with Gasteiger partial charge in [0, 0.05) is 36.1 Å². The number of aromatic amines is 2. The normalized spacial score (nSPS) is 9.46. The molecule has 0 aliphatic heterocycles. The first kappa shape index (κ1) is 28.1. The van der Waals surface area contributed by atoms with Gasteiger partial charge >= 0.3 is 5.69 Å². The largest absolute Gasteiger partial charge is 0.507 e. The molecular formula is C27H29N5O5. The average molecular weight is 504 g/mol. The highest BCUT2D eigenvalue weighted by Crippen LogP contribution is 2.21. The fourth-order valence-electron chi connectivity index (χ4n) is 2.74. The molecule has 10 nitrogen and oxygen atoms in total. The summed E-state index contributed by atoms with van der Waals surface area (Å²) >= 11 is 0. The third-order valence-electron chi connectivity index (χ3n) is 4.54. The molecule has 0 saturated carbocycles. The van der Waals surface area contributed by atoms with Gasteiger partial charge in [0.25, 0.3) is 5.56 Å². The van der Waals surface area contributed by atoms with Gasteiger partial charge in [0.2, 0.25) is 5.88 Å². The standard InChI is InChI=1S/C9H7NO2.2C7H9NO.C4H4N2O/c11-8-5-9(12)10-7-4-2-1-3-6(7)8;1-5-3-2-4-6(9)7(5)8;1-2-9-7-5-3-4-6-8-7;7-4-5-2-1-3-6-4/h1-5H,(H2,10,11,12);2-4,9H,8H2,1H3;3-6H,2H2,1H3;1-3H,(H,5,6,7). The van der Waals surface area contributed by atoms with Crippen LogP contribution in [0.1, 0.15) is 12.5 Å². The summed E-state index contributed by atoms with van der Waals surface area (Å²) in [6, 6.07) is 20.7. The monoisotopic (exact) mass is 503 g/mol. The smallest absolute Gasteiger partial charge is 0.344 e. The molecule has 0 aliphatic carbocycles. The Kier molecular flexibility index (Phi) is 11.4. The number of nitrogen functional groups attached to an aromatic ring is 1. The van der Waals surface area contributed by atoms with Crippen LogP contribution in [0.5, 0.6) is 17.4 Å². The predicted octanol–water partition coefficient (Wildman–Crippen LogP) is 3.77. The van der Waals surface area contributed by atoms with E-state index in [9.17, 15) is 14.7 Å². The molecule has 0 atom stereocenters. The number of phenolic OH excluding ortho intramolecular Hbond substituents is 1. The zero-order chi connectivity index (χ0) is 27.0. The third kappa shape index (κ3) is 9.95. The molecule has 10 heteroatoms. The van der Waals surface area contributed by atoms with Crippen molar-refractivity contribution in [2.75, 3.05) is 12.3 Å². The maximum absolute atomic E-state index is 10.9. The minimum Gasteiger partial charge on any atom is -0.507 e. The summed E-state index contributed by atoms with van der Waals surface area (Å²) in [4.78, 5) is 33.3. The van der Waals surface area contributed by atoms with Crippen LogP contribution >= 0.6 is 0 Å². The minimum absolute atomic E-state index is 0.0225. The van der Waals surface area contributed by atoms with Crippen molar-refractivity contribution in [3.05, 3.63) is 118 Å². The van der Waals surface area contributed by atoms with Gasteiger partial charge < -0.3 is 30.7 Å². The number of fused-ring (bicyclic) bond motifs is 1. The number of nitrogens with one attached hydrogen (secondary N) is 2. The number of phenols is 1. The second kappa shape index (κ2) is 15.0. The maximum atomic E-state index is 10.9. The van der Waals surface area contributed by atoms with Crippen LogP contribution in [0.2, 0.25) is 0 Å². The molecule has 0 aliphatic rings. The minimum atomic E-state index is -0.303. The molecule has 0 unspecified atom stereocenters. The number of aryl methyl sites for hydroxylation is 1. The van der Waals surface area contributed by atoms with Gasteiger partial charge in [-0.15, -0.1) is 0 Å². The lowest BCUT2D eigenvalue weighted by Crippen LogP contribution is -2.05. The summed E-state index contributed by atoms with van der Waals surface area (Å²) in [5.74, 6) is 0.879. The van der Waals surface area contributed by atoms with Crippen LogP contribution in [-0.2, 0) is 0 Å². The summed E-state index contributed by atoms with van der Waals surface area (Å²) in [5, 5.41) is 19.0. The Hall–Kier alpha value is -5.12. The van der Waals surface area contributed by atoms with Gasteiger partial charge in [0.1, 0.15) is 11.5 Å². The van der Waals surface area contributed by atoms with Crippen molar-refractivity contribution in [3.63, 3.8) is 0 Å². The Bertz CT molecular complexity index is 1450. The van der Waals surface area contributed by atoms with Crippen molar-refractivity contribution in [3.8, 4) is 17.4 Å². The van der Waals surface area contributed by atoms with Crippen molar-refractivity contribution >= 4 is 16.6 Å². The van der Waals surface area contributed by atoms with E-state index in [0.717, 1.165) is 5.56 Å². The number of anilines is 1. The van der Waals surface area contributed by atoms with Gasteiger partial charge in [-0.1, -0.05) is 30.3 Å². The number of hydrogen-bond donors (Lipinski definition) is 5. The maximum Gasteiger partial charge on any atom is 0.344 e. The summed E-state index contributed by atoms with van der Waals surface area (Å²) < 4.78 is 5.09. The molecule has 0 saturated heterocycles. The molecule has 192 valence electrons. The molecule has 6 N–H and O–H groups in total. The first-order chi connectivity index (χ1) is 17.8. The van der Waals surface area contributed by atoms with E-state index in [1.807, 2.05) is 38.1 Å². The van der Waals surface area contributed by atoms with E-state index in [4.69, 9.17) is 15.6 Å². The summed E-state index contributed by atoms with van der Waals surface area (Å²) in [6.07, 6.45) is 4.69. The first-order valence-corrected chi connectivity index (χ1v) is 11.2. The van der Waals surface area contributed by atoms with Gasteiger partial charge in [-0.3, -0.25) is 4.79 Å². The molecule has 5 rings (SSSR count). The Balaban J connectivity index is 0.000000177. The Labute approximate surface area is 213 Å². The quantitative estimate of drug-likeness (QED) is 0.179. The van der Waals surface area contributed by atoms with Crippen LogP contribution in [-0.4, -0.2) is 36.8 Å². The number of aromatic hydroxyl groups is 2. The van der Waals surface area contributed by atoms with Crippen molar-refractivity contribution < 1.29 is 14.9 Å². The molecule has 0 spiro atoms. The van der Waals surface area contributed by atoms with Crippen LogP contribution < -0.4 is 21.7 Å². The fraction of sp³-hybridized carbons (Fsp3) is 0.111. The van der Waals surface area contributed by atoms with E-state index < -0.39 is 0 Å². The lowest BCUT2D eigenvalue weighted by atomic mass is 10.2. The zero-order valence-corrected chi connectivity index (χ0v) is 20.5. The van der Waals surface area contributed by atoms with E-state index in [2.05, 4.69) is 19.9 Å². The van der Waals surface area contributed by atoms with Gasteiger partial charge in [0.15, 0.2) is 0 Å². The van der Waals surface area contributed by atoms with E-state index in [-0.39, 0.29) is 22.7 Å². The molecule has 5 aromatic rings. The topological polar surface area (TPSA) is 167 Å². The highest BCUT2D eigenvalue weighted by molar-refractivity contribution is 5.84. The Morgan fingerprint density at radius 3 is 2.19 bits per heavy atom. The fourth-order valence-corrected chi connectivity index (χ4v) is 2.74.